The van der Waals surface area contributed by atoms with Gasteiger partial charge in [0.05, 0.1) is 13.2 Å². The highest BCUT2D eigenvalue weighted by molar-refractivity contribution is 5.94. The molecule has 27 heavy (non-hydrogen) atoms. The quantitative estimate of drug-likeness (QED) is 0.728. The molecule has 2 aromatic carbocycles. The van der Waals surface area contributed by atoms with Crippen molar-refractivity contribution >= 4 is 5.91 Å². The summed E-state index contributed by atoms with van der Waals surface area (Å²) in [6, 6.07) is 15.6. The maximum atomic E-state index is 12.2. The van der Waals surface area contributed by atoms with Crippen molar-refractivity contribution in [1.82, 2.24) is 10.2 Å². The molecule has 1 aliphatic heterocycles. The predicted molar refractivity (Wildman–Crippen MR) is 106 cm³/mol. The number of morpholine rings is 1. The number of amides is 1. The Balaban J connectivity index is 1.39. The molecule has 1 heterocycles. The van der Waals surface area contributed by atoms with Gasteiger partial charge in [0, 0.05) is 25.2 Å². The van der Waals surface area contributed by atoms with Crippen molar-refractivity contribution in [2.45, 2.75) is 20.0 Å². The van der Waals surface area contributed by atoms with Crippen LogP contribution in [0.3, 0.4) is 0 Å². The summed E-state index contributed by atoms with van der Waals surface area (Å²) in [6.07, 6.45) is 0.953. The molecular weight excluding hydrogens is 340 g/mol. The highest BCUT2D eigenvalue weighted by Crippen LogP contribution is 2.15. The van der Waals surface area contributed by atoms with E-state index in [2.05, 4.69) is 10.2 Å². The topological polar surface area (TPSA) is 50.8 Å². The van der Waals surface area contributed by atoms with Crippen molar-refractivity contribution in [3.63, 3.8) is 0 Å². The number of benzene rings is 2. The van der Waals surface area contributed by atoms with E-state index < -0.39 is 0 Å². The Morgan fingerprint density at radius 1 is 1.15 bits per heavy atom. The largest absolute Gasteiger partial charge is 0.489 e. The lowest BCUT2D eigenvalue weighted by Crippen LogP contribution is -2.38. The Bertz CT molecular complexity index is 725. The van der Waals surface area contributed by atoms with E-state index in [9.17, 15) is 4.79 Å². The third kappa shape index (κ3) is 6.38. The molecule has 1 aliphatic rings. The van der Waals surface area contributed by atoms with Crippen LogP contribution in [0.5, 0.6) is 5.75 Å². The third-order valence-corrected chi connectivity index (χ3v) is 4.65. The lowest BCUT2D eigenvalue weighted by Gasteiger charge is -2.26. The molecule has 1 N–H and O–H groups in total. The van der Waals surface area contributed by atoms with Gasteiger partial charge in [0.2, 0.25) is 0 Å². The summed E-state index contributed by atoms with van der Waals surface area (Å²) in [5, 5.41) is 2.99. The fourth-order valence-corrected chi connectivity index (χ4v) is 3.06. The minimum atomic E-state index is -0.0249. The Kier molecular flexibility index (Phi) is 7.25. The van der Waals surface area contributed by atoms with Gasteiger partial charge < -0.3 is 14.8 Å². The number of aryl methyl sites for hydroxylation is 1. The van der Waals surface area contributed by atoms with Gasteiger partial charge >= 0.3 is 0 Å². The first kappa shape index (κ1) is 19.4. The summed E-state index contributed by atoms with van der Waals surface area (Å²) in [4.78, 5) is 14.6. The molecule has 1 fully saturated rings. The zero-order valence-corrected chi connectivity index (χ0v) is 15.9. The van der Waals surface area contributed by atoms with Crippen LogP contribution in [0.2, 0.25) is 0 Å². The molecule has 3 rings (SSSR count). The lowest BCUT2D eigenvalue weighted by molar-refractivity contribution is 0.0374. The number of ether oxygens (including phenoxy) is 2. The van der Waals surface area contributed by atoms with Crippen molar-refractivity contribution in [3.05, 3.63) is 65.2 Å². The number of hydrogen-bond acceptors (Lipinski definition) is 4. The second kappa shape index (κ2) is 10.1. The van der Waals surface area contributed by atoms with Crippen LogP contribution in [0.25, 0.3) is 0 Å². The van der Waals surface area contributed by atoms with Crippen molar-refractivity contribution < 1.29 is 14.3 Å². The van der Waals surface area contributed by atoms with Crippen LogP contribution >= 0.6 is 0 Å². The van der Waals surface area contributed by atoms with Gasteiger partial charge in [0.15, 0.2) is 0 Å². The third-order valence-electron chi connectivity index (χ3n) is 4.65. The van der Waals surface area contributed by atoms with Gasteiger partial charge in [-0.1, -0.05) is 24.3 Å². The predicted octanol–water partition coefficient (Wildman–Crippen LogP) is 3.03. The molecule has 0 saturated carbocycles. The van der Waals surface area contributed by atoms with Crippen LogP contribution in [0.4, 0.5) is 0 Å². The fourth-order valence-electron chi connectivity index (χ4n) is 3.06. The van der Waals surface area contributed by atoms with Crippen LogP contribution in [-0.4, -0.2) is 50.2 Å². The first-order valence-electron chi connectivity index (χ1n) is 9.57. The first-order chi connectivity index (χ1) is 13.2. The van der Waals surface area contributed by atoms with Gasteiger partial charge in [-0.2, -0.15) is 0 Å². The van der Waals surface area contributed by atoms with Gasteiger partial charge in [0.25, 0.3) is 5.91 Å². The zero-order valence-electron chi connectivity index (χ0n) is 15.9. The smallest absolute Gasteiger partial charge is 0.251 e. The number of nitrogens with zero attached hydrogens (tertiary/aromatic N) is 1. The van der Waals surface area contributed by atoms with E-state index in [1.54, 1.807) is 0 Å². The Labute approximate surface area is 161 Å². The van der Waals surface area contributed by atoms with Crippen LogP contribution < -0.4 is 10.1 Å². The van der Waals surface area contributed by atoms with Crippen molar-refractivity contribution in [2.24, 2.45) is 0 Å². The number of carbonyl (C=O) groups excluding carboxylic acids is 1. The minimum Gasteiger partial charge on any atom is -0.489 e. The van der Waals surface area contributed by atoms with Crippen molar-refractivity contribution in [2.75, 3.05) is 39.4 Å². The molecule has 1 amide bonds. The number of nitrogens with one attached hydrogen (secondary N) is 1. The Hall–Kier alpha value is -2.37. The Morgan fingerprint density at radius 2 is 1.93 bits per heavy atom. The summed E-state index contributed by atoms with van der Waals surface area (Å²) in [5.74, 6) is 0.834. The van der Waals surface area contributed by atoms with Crippen LogP contribution in [-0.2, 0) is 11.3 Å². The highest BCUT2D eigenvalue weighted by atomic mass is 16.5. The Morgan fingerprint density at radius 3 is 2.67 bits per heavy atom. The summed E-state index contributed by atoms with van der Waals surface area (Å²) in [6.45, 7) is 7.82. The SMILES string of the molecule is Cc1cccc(OCc2ccc(C(=O)NCCCN3CCOCC3)cc2)c1. The van der Waals surface area contributed by atoms with Crippen LogP contribution in [0.1, 0.15) is 27.9 Å². The first-order valence-corrected chi connectivity index (χ1v) is 9.57. The van der Waals surface area contributed by atoms with E-state index in [4.69, 9.17) is 9.47 Å². The molecule has 0 unspecified atom stereocenters. The van der Waals surface area contributed by atoms with Gasteiger partial charge in [-0.25, -0.2) is 0 Å². The highest BCUT2D eigenvalue weighted by Gasteiger charge is 2.10. The second-order valence-corrected chi connectivity index (χ2v) is 6.87. The molecule has 5 heteroatoms. The maximum absolute atomic E-state index is 12.2. The molecule has 0 atom stereocenters. The van der Waals surface area contributed by atoms with E-state index in [1.165, 1.54) is 5.56 Å². The minimum absolute atomic E-state index is 0.0249. The van der Waals surface area contributed by atoms with Gasteiger partial charge in [0.1, 0.15) is 12.4 Å². The fraction of sp³-hybridized carbons (Fsp3) is 0.409. The molecule has 0 spiro atoms. The average Bonchev–Trinajstić information content (AvgIpc) is 2.71. The van der Waals surface area contributed by atoms with E-state index in [-0.39, 0.29) is 5.91 Å². The normalized spacial score (nSPS) is 14.7. The summed E-state index contributed by atoms with van der Waals surface area (Å²) < 4.78 is 11.1. The molecule has 2 aromatic rings. The van der Waals surface area contributed by atoms with E-state index >= 15 is 0 Å². The van der Waals surface area contributed by atoms with E-state index in [0.29, 0.717) is 18.7 Å². The molecular formula is C22H28N2O3. The number of hydrogen-bond donors (Lipinski definition) is 1. The van der Waals surface area contributed by atoms with E-state index in [1.807, 2.05) is 55.5 Å². The van der Waals surface area contributed by atoms with E-state index in [0.717, 1.165) is 50.6 Å². The maximum Gasteiger partial charge on any atom is 0.251 e. The molecule has 0 aromatic heterocycles. The number of rotatable bonds is 8. The second-order valence-electron chi connectivity index (χ2n) is 6.87. The summed E-state index contributed by atoms with van der Waals surface area (Å²) in [5.41, 5.74) is 2.90. The monoisotopic (exact) mass is 368 g/mol. The molecule has 0 bridgehead atoms. The van der Waals surface area contributed by atoms with Gasteiger partial charge in [-0.3, -0.25) is 9.69 Å². The van der Waals surface area contributed by atoms with Crippen LogP contribution in [0.15, 0.2) is 48.5 Å². The van der Waals surface area contributed by atoms with Crippen molar-refractivity contribution in [1.29, 1.82) is 0 Å². The zero-order chi connectivity index (χ0) is 18.9. The van der Waals surface area contributed by atoms with Crippen LogP contribution in [0, 0.1) is 6.92 Å². The summed E-state index contributed by atoms with van der Waals surface area (Å²) in [7, 11) is 0. The standard InChI is InChI=1S/C22H28N2O3/c1-18-4-2-5-21(16-18)27-17-19-6-8-20(9-7-19)22(25)23-10-3-11-24-12-14-26-15-13-24/h2,4-9,16H,3,10-15,17H2,1H3,(H,23,25). The molecule has 5 nitrogen and oxygen atoms in total. The average molecular weight is 368 g/mol. The number of carbonyl (C=O) groups is 1. The van der Waals surface area contributed by atoms with Gasteiger partial charge in [-0.15, -0.1) is 0 Å². The lowest BCUT2D eigenvalue weighted by atomic mass is 10.1. The molecule has 0 radical (unpaired) electrons. The molecule has 1 saturated heterocycles. The van der Waals surface area contributed by atoms with Gasteiger partial charge in [-0.05, 0) is 55.3 Å². The summed E-state index contributed by atoms with van der Waals surface area (Å²) >= 11 is 0. The molecule has 144 valence electrons. The van der Waals surface area contributed by atoms with Crippen molar-refractivity contribution in [3.8, 4) is 5.75 Å². The molecule has 0 aliphatic carbocycles.